The Morgan fingerprint density at radius 3 is 2.75 bits per heavy atom. The molecule has 0 spiro atoms. The Balaban J connectivity index is 0.000001000. The lowest BCUT2D eigenvalue weighted by Gasteiger charge is -2.07. The van der Waals surface area contributed by atoms with Crippen molar-refractivity contribution in [2.75, 3.05) is 13.7 Å². The second kappa shape index (κ2) is 7.53. The van der Waals surface area contributed by atoms with Crippen LogP contribution in [0, 0.1) is 0 Å². The third-order valence-electron chi connectivity index (χ3n) is 3.38. The van der Waals surface area contributed by atoms with E-state index in [2.05, 4.69) is 15.3 Å². The van der Waals surface area contributed by atoms with E-state index in [1.807, 2.05) is 30.5 Å². The maximum Gasteiger partial charge on any atom is 0.128 e. The maximum atomic E-state index is 5.37. The molecule has 0 bridgehead atoms. The Hall–Kier alpha value is -1.23. The van der Waals surface area contributed by atoms with Crippen LogP contribution in [0.2, 0.25) is 0 Å². The van der Waals surface area contributed by atoms with Crippen molar-refractivity contribution in [1.29, 1.82) is 0 Å². The summed E-state index contributed by atoms with van der Waals surface area (Å²) in [5.41, 5.74) is 2.06. The Kier molecular flexibility index (Phi) is 6.33. The molecule has 2 heterocycles. The molecule has 110 valence electrons. The molecule has 1 unspecified atom stereocenters. The van der Waals surface area contributed by atoms with E-state index in [0.717, 1.165) is 35.8 Å². The molecule has 1 aromatic heterocycles. The number of halogens is 2. The number of rotatable bonds is 3. The summed E-state index contributed by atoms with van der Waals surface area (Å²) in [4.78, 5) is 7.87. The van der Waals surface area contributed by atoms with E-state index in [-0.39, 0.29) is 24.8 Å². The number of methoxy groups -OCH3 is 1. The number of aromatic nitrogens is 2. The summed E-state index contributed by atoms with van der Waals surface area (Å²) < 4.78 is 5.37. The van der Waals surface area contributed by atoms with Gasteiger partial charge in [-0.05, 0) is 31.5 Å². The molecule has 1 aromatic carbocycles. The van der Waals surface area contributed by atoms with Crippen molar-refractivity contribution < 1.29 is 4.74 Å². The summed E-state index contributed by atoms with van der Waals surface area (Å²) in [5.74, 6) is 1.89. The van der Waals surface area contributed by atoms with Crippen LogP contribution < -0.4 is 10.1 Å². The standard InChI is InChI=1S/C14H17N3O.2ClH/c1-18-13-7-3-2-5-10(13)12-9-16-14(17-12)11-6-4-8-15-11;;/h2-3,5,7,9,11,15H,4,6,8H2,1H3,(H,16,17);2*1H. The highest BCUT2D eigenvalue weighted by atomic mass is 35.5. The number of nitrogens with one attached hydrogen (secondary N) is 2. The minimum absolute atomic E-state index is 0. The summed E-state index contributed by atoms with van der Waals surface area (Å²) in [6.07, 6.45) is 4.25. The number of imidazole rings is 1. The molecule has 2 aromatic rings. The van der Waals surface area contributed by atoms with Crippen molar-refractivity contribution in [3.8, 4) is 17.0 Å². The quantitative estimate of drug-likeness (QED) is 0.913. The van der Waals surface area contributed by atoms with Crippen LogP contribution in [0.1, 0.15) is 24.7 Å². The van der Waals surface area contributed by atoms with Crippen LogP contribution in [-0.2, 0) is 0 Å². The van der Waals surface area contributed by atoms with Gasteiger partial charge in [-0.3, -0.25) is 0 Å². The van der Waals surface area contributed by atoms with E-state index in [0.29, 0.717) is 6.04 Å². The summed E-state index contributed by atoms with van der Waals surface area (Å²) >= 11 is 0. The van der Waals surface area contributed by atoms with Crippen molar-refractivity contribution in [1.82, 2.24) is 15.3 Å². The Bertz CT molecular complexity index is 539. The van der Waals surface area contributed by atoms with E-state index >= 15 is 0 Å². The number of aromatic amines is 1. The highest BCUT2D eigenvalue weighted by Crippen LogP contribution is 2.29. The largest absolute Gasteiger partial charge is 0.496 e. The fraction of sp³-hybridized carbons (Fsp3) is 0.357. The summed E-state index contributed by atoms with van der Waals surface area (Å²) in [6.45, 7) is 1.08. The first-order valence-electron chi connectivity index (χ1n) is 6.30. The first-order chi connectivity index (χ1) is 8.88. The van der Waals surface area contributed by atoms with E-state index in [4.69, 9.17) is 4.74 Å². The lowest BCUT2D eigenvalue weighted by molar-refractivity contribution is 0.416. The SMILES string of the molecule is COc1ccccc1-c1cnc(C2CCCN2)[nH]1.Cl.Cl. The molecule has 4 nitrogen and oxygen atoms in total. The summed E-state index contributed by atoms with van der Waals surface area (Å²) in [7, 11) is 1.69. The maximum absolute atomic E-state index is 5.37. The van der Waals surface area contributed by atoms with Crippen LogP contribution >= 0.6 is 24.8 Å². The molecule has 1 saturated heterocycles. The van der Waals surface area contributed by atoms with Crippen molar-refractivity contribution >= 4 is 24.8 Å². The van der Waals surface area contributed by atoms with Crippen molar-refractivity contribution in [3.05, 3.63) is 36.3 Å². The summed E-state index contributed by atoms with van der Waals surface area (Å²) in [5, 5.41) is 3.44. The van der Waals surface area contributed by atoms with Crippen LogP contribution in [0.3, 0.4) is 0 Å². The second-order valence-electron chi connectivity index (χ2n) is 4.53. The molecule has 1 aliphatic heterocycles. The summed E-state index contributed by atoms with van der Waals surface area (Å²) in [6, 6.07) is 8.35. The van der Waals surface area contributed by atoms with Gasteiger partial charge in [-0.15, -0.1) is 24.8 Å². The van der Waals surface area contributed by atoms with Crippen molar-refractivity contribution in [3.63, 3.8) is 0 Å². The Morgan fingerprint density at radius 2 is 2.05 bits per heavy atom. The first kappa shape index (κ1) is 16.8. The number of hydrogen-bond donors (Lipinski definition) is 2. The van der Waals surface area contributed by atoms with Gasteiger partial charge in [0.15, 0.2) is 0 Å². The zero-order valence-electron chi connectivity index (χ0n) is 11.3. The lowest BCUT2D eigenvalue weighted by atomic mass is 10.1. The molecule has 0 radical (unpaired) electrons. The molecule has 1 fully saturated rings. The van der Waals surface area contributed by atoms with E-state index in [1.54, 1.807) is 7.11 Å². The number of hydrogen-bond acceptors (Lipinski definition) is 3. The fourth-order valence-electron chi connectivity index (χ4n) is 2.44. The third kappa shape index (κ3) is 3.26. The lowest BCUT2D eigenvalue weighted by Crippen LogP contribution is -2.14. The van der Waals surface area contributed by atoms with Gasteiger partial charge in [-0.2, -0.15) is 0 Å². The third-order valence-corrected chi connectivity index (χ3v) is 3.38. The predicted octanol–water partition coefficient (Wildman–Crippen LogP) is 3.35. The Labute approximate surface area is 131 Å². The molecule has 20 heavy (non-hydrogen) atoms. The number of nitrogens with zero attached hydrogens (tertiary/aromatic N) is 1. The van der Waals surface area contributed by atoms with Crippen LogP contribution in [-0.4, -0.2) is 23.6 Å². The average Bonchev–Trinajstić information content (AvgIpc) is 3.09. The minimum atomic E-state index is 0. The predicted molar refractivity (Wildman–Crippen MR) is 85.0 cm³/mol. The van der Waals surface area contributed by atoms with Gasteiger partial charge in [0.1, 0.15) is 11.6 Å². The van der Waals surface area contributed by atoms with Crippen molar-refractivity contribution in [2.24, 2.45) is 0 Å². The molecular formula is C14H19Cl2N3O. The zero-order valence-corrected chi connectivity index (χ0v) is 12.9. The molecule has 1 aliphatic rings. The smallest absolute Gasteiger partial charge is 0.128 e. The monoisotopic (exact) mass is 315 g/mol. The molecule has 2 N–H and O–H groups in total. The van der Waals surface area contributed by atoms with Gasteiger partial charge in [-0.25, -0.2) is 4.98 Å². The van der Waals surface area contributed by atoms with E-state index in [9.17, 15) is 0 Å². The molecular weight excluding hydrogens is 297 g/mol. The van der Waals surface area contributed by atoms with Crippen LogP contribution in [0.5, 0.6) is 5.75 Å². The van der Waals surface area contributed by atoms with Gasteiger partial charge in [0.05, 0.1) is 25.0 Å². The number of H-pyrrole nitrogens is 1. The second-order valence-corrected chi connectivity index (χ2v) is 4.53. The highest BCUT2D eigenvalue weighted by molar-refractivity contribution is 5.85. The zero-order chi connectivity index (χ0) is 12.4. The normalized spacial score (nSPS) is 17.1. The van der Waals surface area contributed by atoms with Gasteiger partial charge in [0.25, 0.3) is 0 Å². The number of benzene rings is 1. The highest BCUT2D eigenvalue weighted by Gasteiger charge is 2.19. The molecule has 0 amide bonds. The van der Waals surface area contributed by atoms with E-state index < -0.39 is 0 Å². The molecule has 3 rings (SSSR count). The van der Waals surface area contributed by atoms with Gasteiger partial charge in [0, 0.05) is 5.56 Å². The average molecular weight is 316 g/mol. The van der Waals surface area contributed by atoms with Gasteiger partial charge >= 0.3 is 0 Å². The fourth-order valence-corrected chi connectivity index (χ4v) is 2.44. The number of ether oxygens (including phenoxy) is 1. The van der Waals surface area contributed by atoms with Crippen LogP contribution in [0.4, 0.5) is 0 Å². The van der Waals surface area contributed by atoms with Crippen LogP contribution in [0.25, 0.3) is 11.3 Å². The van der Waals surface area contributed by atoms with Crippen LogP contribution in [0.15, 0.2) is 30.5 Å². The molecule has 6 heteroatoms. The minimum Gasteiger partial charge on any atom is -0.496 e. The van der Waals surface area contributed by atoms with Gasteiger partial charge in [-0.1, -0.05) is 12.1 Å². The first-order valence-corrected chi connectivity index (χ1v) is 6.30. The number of para-hydroxylation sites is 1. The molecule has 0 saturated carbocycles. The van der Waals surface area contributed by atoms with Gasteiger partial charge in [0.2, 0.25) is 0 Å². The molecule has 1 atom stereocenters. The topological polar surface area (TPSA) is 49.9 Å². The van der Waals surface area contributed by atoms with E-state index in [1.165, 1.54) is 6.42 Å². The Morgan fingerprint density at radius 1 is 1.25 bits per heavy atom. The van der Waals surface area contributed by atoms with Crippen molar-refractivity contribution in [2.45, 2.75) is 18.9 Å². The van der Waals surface area contributed by atoms with Gasteiger partial charge < -0.3 is 15.0 Å². The molecule has 0 aliphatic carbocycles.